The molecule has 6 heteroatoms. The summed E-state index contributed by atoms with van der Waals surface area (Å²) in [6, 6.07) is 8.90. The van der Waals surface area contributed by atoms with Crippen LogP contribution in [0.2, 0.25) is 5.02 Å². The first-order chi connectivity index (χ1) is 8.97. The number of nitrogens with two attached hydrogens (primary N) is 2. The molecule has 0 aliphatic carbocycles. The number of carbonyl (C=O) groups excluding carboxylic acids is 1. The molecule has 0 saturated carbocycles. The quantitative estimate of drug-likeness (QED) is 0.756. The summed E-state index contributed by atoms with van der Waals surface area (Å²) in [5.41, 5.74) is 12.6. The largest absolute Gasteiger partial charge is 0.397 e. The maximum atomic E-state index is 13.3. The highest BCUT2D eigenvalue weighted by molar-refractivity contribution is 6.30. The maximum Gasteiger partial charge on any atom is 0.248 e. The summed E-state index contributed by atoms with van der Waals surface area (Å²) < 4.78 is 13.3. The summed E-state index contributed by atoms with van der Waals surface area (Å²) in [4.78, 5) is 11.0. The Balaban J connectivity index is 2.28. The van der Waals surface area contributed by atoms with Crippen LogP contribution in [-0.2, 0) is 0 Å². The lowest BCUT2D eigenvalue weighted by atomic mass is 10.1. The number of nitrogens with one attached hydrogen (secondary N) is 1. The standard InChI is InChI=1S/C13H11ClFN3O/c14-9-3-2-8(6-10(9)15)18-12-4-1-7(13(17)19)5-11(12)16/h1-6,18H,16H2,(H2,17,19). The predicted molar refractivity (Wildman–Crippen MR) is 74.1 cm³/mol. The number of anilines is 3. The van der Waals surface area contributed by atoms with Gasteiger partial charge in [0.15, 0.2) is 0 Å². The number of rotatable bonds is 3. The van der Waals surface area contributed by atoms with Crippen LogP contribution in [0.15, 0.2) is 36.4 Å². The lowest BCUT2D eigenvalue weighted by Gasteiger charge is -2.10. The zero-order chi connectivity index (χ0) is 14.0. The van der Waals surface area contributed by atoms with E-state index in [1.165, 1.54) is 24.3 Å². The Morgan fingerprint density at radius 2 is 1.95 bits per heavy atom. The Bertz CT molecular complexity index is 646. The average Bonchev–Trinajstić information content (AvgIpc) is 2.36. The third-order valence-corrected chi connectivity index (χ3v) is 2.84. The predicted octanol–water partition coefficient (Wildman–Crippen LogP) is 2.90. The van der Waals surface area contributed by atoms with E-state index in [9.17, 15) is 9.18 Å². The lowest BCUT2D eigenvalue weighted by molar-refractivity contribution is 0.100. The topological polar surface area (TPSA) is 81.1 Å². The first kappa shape index (κ1) is 13.2. The van der Waals surface area contributed by atoms with E-state index in [2.05, 4.69) is 5.32 Å². The second-order valence-corrected chi connectivity index (χ2v) is 4.33. The molecular formula is C13H11ClFN3O. The van der Waals surface area contributed by atoms with Crippen molar-refractivity contribution >= 4 is 34.6 Å². The van der Waals surface area contributed by atoms with Gasteiger partial charge in [0.2, 0.25) is 5.91 Å². The molecule has 0 aromatic heterocycles. The molecule has 2 aromatic carbocycles. The van der Waals surface area contributed by atoms with Crippen LogP contribution in [0, 0.1) is 5.82 Å². The number of benzene rings is 2. The number of hydrogen-bond donors (Lipinski definition) is 3. The van der Waals surface area contributed by atoms with E-state index in [0.717, 1.165) is 0 Å². The van der Waals surface area contributed by atoms with E-state index in [-0.39, 0.29) is 5.02 Å². The molecule has 2 rings (SSSR count). The van der Waals surface area contributed by atoms with Gasteiger partial charge in [0.25, 0.3) is 0 Å². The van der Waals surface area contributed by atoms with Crippen molar-refractivity contribution in [2.45, 2.75) is 0 Å². The van der Waals surface area contributed by atoms with Crippen LogP contribution in [0.4, 0.5) is 21.5 Å². The molecular weight excluding hydrogens is 269 g/mol. The van der Waals surface area contributed by atoms with E-state index in [1.54, 1.807) is 12.1 Å². The van der Waals surface area contributed by atoms with Gasteiger partial charge in [-0.2, -0.15) is 0 Å². The molecule has 0 saturated heterocycles. The van der Waals surface area contributed by atoms with Crippen LogP contribution in [0.5, 0.6) is 0 Å². The van der Waals surface area contributed by atoms with E-state index in [0.29, 0.717) is 22.6 Å². The van der Waals surface area contributed by atoms with Crippen molar-refractivity contribution in [2.75, 3.05) is 11.1 Å². The van der Waals surface area contributed by atoms with Gasteiger partial charge >= 0.3 is 0 Å². The first-order valence-electron chi connectivity index (χ1n) is 5.39. The Morgan fingerprint density at radius 3 is 2.53 bits per heavy atom. The molecule has 2 aromatic rings. The summed E-state index contributed by atoms with van der Waals surface area (Å²) in [5.74, 6) is -1.09. The second kappa shape index (κ2) is 5.16. The minimum atomic E-state index is -0.559. The van der Waals surface area contributed by atoms with Crippen molar-refractivity contribution in [3.05, 3.63) is 52.8 Å². The fourth-order valence-corrected chi connectivity index (χ4v) is 1.68. The van der Waals surface area contributed by atoms with E-state index < -0.39 is 11.7 Å². The molecule has 98 valence electrons. The Morgan fingerprint density at radius 1 is 1.21 bits per heavy atom. The summed E-state index contributed by atoms with van der Waals surface area (Å²) in [7, 11) is 0. The van der Waals surface area contributed by atoms with E-state index in [1.807, 2.05) is 0 Å². The van der Waals surface area contributed by atoms with Gasteiger partial charge in [0.1, 0.15) is 5.82 Å². The van der Waals surface area contributed by atoms with Gasteiger partial charge in [0, 0.05) is 11.3 Å². The number of carbonyl (C=O) groups is 1. The molecule has 4 nitrogen and oxygen atoms in total. The first-order valence-corrected chi connectivity index (χ1v) is 5.76. The number of hydrogen-bond acceptors (Lipinski definition) is 3. The molecule has 1 amide bonds. The van der Waals surface area contributed by atoms with Crippen molar-refractivity contribution in [1.29, 1.82) is 0 Å². The normalized spacial score (nSPS) is 10.2. The monoisotopic (exact) mass is 279 g/mol. The third-order valence-electron chi connectivity index (χ3n) is 2.53. The summed E-state index contributed by atoms with van der Waals surface area (Å²) in [6.45, 7) is 0. The van der Waals surface area contributed by atoms with Crippen molar-refractivity contribution in [2.24, 2.45) is 5.73 Å². The number of nitrogen functional groups attached to an aromatic ring is 1. The molecule has 0 bridgehead atoms. The molecule has 5 N–H and O–H groups in total. The molecule has 0 radical (unpaired) electrons. The maximum absolute atomic E-state index is 13.3. The second-order valence-electron chi connectivity index (χ2n) is 3.92. The molecule has 0 fully saturated rings. The number of amides is 1. The zero-order valence-electron chi connectivity index (χ0n) is 9.78. The van der Waals surface area contributed by atoms with Gasteiger partial charge in [-0.3, -0.25) is 4.79 Å². The van der Waals surface area contributed by atoms with Gasteiger partial charge in [-0.25, -0.2) is 4.39 Å². The Hall–Kier alpha value is -2.27. The van der Waals surface area contributed by atoms with E-state index in [4.69, 9.17) is 23.1 Å². The molecule has 0 spiro atoms. The third kappa shape index (κ3) is 2.95. The molecule has 0 aliphatic heterocycles. The fourth-order valence-electron chi connectivity index (χ4n) is 1.56. The summed E-state index contributed by atoms with van der Waals surface area (Å²) in [5, 5.41) is 2.97. The Kier molecular flexibility index (Phi) is 3.57. The van der Waals surface area contributed by atoms with Crippen molar-refractivity contribution in [1.82, 2.24) is 0 Å². The highest BCUT2D eigenvalue weighted by Crippen LogP contribution is 2.26. The van der Waals surface area contributed by atoms with Gasteiger partial charge < -0.3 is 16.8 Å². The molecule has 0 heterocycles. The number of halogens is 2. The van der Waals surface area contributed by atoms with Crippen LogP contribution in [-0.4, -0.2) is 5.91 Å². The minimum absolute atomic E-state index is 0.0441. The van der Waals surface area contributed by atoms with Crippen molar-refractivity contribution in [3.8, 4) is 0 Å². The lowest BCUT2D eigenvalue weighted by Crippen LogP contribution is -2.11. The van der Waals surface area contributed by atoms with Gasteiger partial charge in [0.05, 0.1) is 16.4 Å². The van der Waals surface area contributed by atoms with Crippen LogP contribution >= 0.6 is 11.6 Å². The highest BCUT2D eigenvalue weighted by atomic mass is 35.5. The summed E-state index contributed by atoms with van der Waals surface area (Å²) in [6.07, 6.45) is 0. The zero-order valence-corrected chi connectivity index (χ0v) is 10.5. The van der Waals surface area contributed by atoms with Crippen LogP contribution < -0.4 is 16.8 Å². The fraction of sp³-hybridized carbons (Fsp3) is 0. The van der Waals surface area contributed by atoms with Gasteiger partial charge in [-0.1, -0.05) is 11.6 Å². The van der Waals surface area contributed by atoms with Gasteiger partial charge in [-0.05, 0) is 36.4 Å². The van der Waals surface area contributed by atoms with E-state index >= 15 is 0 Å². The SMILES string of the molecule is NC(=O)c1ccc(Nc2ccc(Cl)c(F)c2)c(N)c1. The molecule has 0 atom stereocenters. The van der Waals surface area contributed by atoms with Crippen LogP contribution in [0.1, 0.15) is 10.4 Å². The molecule has 0 aliphatic rings. The smallest absolute Gasteiger partial charge is 0.248 e. The van der Waals surface area contributed by atoms with Crippen LogP contribution in [0.3, 0.4) is 0 Å². The minimum Gasteiger partial charge on any atom is -0.397 e. The number of primary amides is 1. The van der Waals surface area contributed by atoms with Crippen LogP contribution in [0.25, 0.3) is 0 Å². The van der Waals surface area contributed by atoms with Crippen molar-refractivity contribution in [3.63, 3.8) is 0 Å². The molecule has 19 heavy (non-hydrogen) atoms. The van der Waals surface area contributed by atoms with Gasteiger partial charge in [-0.15, -0.1) is 0 Å². The highest BCUT2D eigenvalue weighted by Gasteiger charge is 2.06. The average molecular weight is 280 g/mol. The summed E-state index contributed by atoms with van der Waals surface area (Å²) >= 11 is 5.59. The Labute approximate surface area is 114 Å². The molecule has 0 unspecified atom stereocenters. The van der Waals surface area contributed by atoms with Crippen molar-refractivity contribution < 1.29 is 9.18 Å².